The number of amides is 1. The minimum atomic E-state index is -0.585. The SMILES string of the molecule is CNc1ccc(Cl)c(C(=O)Nc2c(F)cccc2Br)n1. The zero-order valence-electron chi connectivity index (χ0n) is 10.4. The molecule has 0 aliphatic carbocycles. The van der Waals surface area contributed by atoms with E-state index in [4.69, 9.17) is 11.6 Å². The molecule has 0 aliphatic heterocycles. The van der Waals surface area contributed by atoms with Crippen LogP contribution in [-0.4, -0.2) is 17.9 Å². The summed E-state index contributed by atoms with van der Waals surface area (Å²) in [6, 6.07) is 7.59. The smallest absolute Gasteiger partial charge is 0.276 e. The fourth-order valence-corrected chi connectivity index (χ4v) is 2.16. The normalized spacial score (nSPS) is 10.2. The number of carbonyl (C=O) groups excluding carboxylic acids is 1. The molecule has 0 aliphatic rings. The first-order valence-corrected chi connectivity index (χ1v) is 6.79. The van der Waals surface area contributed by atoms with Crippen LogP contribution in [0.4, 0.5) is 15.9 Å². The molecule has 0 saturated heterocycles. The molecule has 0 bridgehead atoms. The van der Waals surface area contributed by atoms with Gasteiger partial charge in [0.1, 0.15) is 17.3 Å². The molecule has 1 amide bonds. The van der Waals surface area contributed by atoms with Gasteiger partial charge in [-0.05, 0) is 40.2 Å². The second-order valence-corrected chi connectivity index (χ2v) is 5.09. The summed E-state index contributed by atoms with van der Waals surface area (Å²) in [5.74, 6) is -0.640. The molecular weight excluding hydrogens is 349 g/mol. The number of aromatic nitrogens is 1. The highest BCUT2D eigenvalue weighted by molar-refractivity contribution is 9.10. The summed E-state index contributed by atoms with van der Waals surface area (Å²) in [7, 11) is 1.67. The molecule has 1 aromatic carbocycles. The van der Waals surface area contributed by atoms with E-state index in [0.717, 1.165) is 0 Å². The lowest BCUT2D eigenvalue weighted by atomic mass is 10.2. The molecule has 104 valence electrons. The van der Waals surface area contributed by atoms with Gasteiger partial charge in [0, 0.05) is 11.5 Å². The first kappa shape index (κ1) is 14.7. The Hall–Kier alpha value is -1.66. The molecule has 0 radical (unpaired) electrons. The van der Waals surface area contributed by atoms with Gasteiger partial charge in [0.05, 0.1) is 10.7 Å². The van der Waals surface area contributed by atoms with Crippen LogP contribution in [0.5, 0.6) is 0 Å². The molecule has 0 spiro atoms. The van der Waals surface area contributed by atoms with E-state index in [9.17, 15) is 9.18 Å². The quantitative estimate of drug-likeness (QED) is 0.874. The predicted octanol–water partition coefficient (Wildman–Crippen LogP) is 3.93. The van der Waals surface area contributed by atoms with E-state index >= 15 is 0 Å². The number of nitrogens with one attached hydrogen (secondary N) is 2. The van der Waals surface area contributed by atoms with E-state index in [-0.39, 0.29) is 16.4 Å². The van der Waals surface area contributed by atoms with Crippen LogP contribution < -0.4 is 10.6 Å². The predicted molar refractivity (Wildman–Crippen MR) is 80.8 cm³/mol. The standard InChI is InChI=1S/C13H10BrClFN3O/c1-17-10-6-5-8(15)12(18-10)13(20)19-11-7(14)3-2-4-9(11)16/h2-6H,1H3,(H,17,18)(H,19,20). The van der Waals surface area contributed by atoms with Crippen molar-refractivity contribution >= 4 is 44.9 Å². The summed E-state index contributed by atoms with van der Waals surface area (Å²) < 4.78 is 14.1. The Kier molecular flexibility index (Phi) is 4.57. The summed E-state index contributed by atoms with van der Waals surface area (Å²) >= 11 is 9.11. The summed E-state index contributed by atoms with van der Waals surface area (Å²) in [4.78, 5) is 16.2. The van der Waals surface area contributed by atoms with Crippen molar-refractivity contribution in [3.63, 3.8) is 0 Å². The van der Waals surface area contributed by atoms with Crippen molar-refractivity contribution in [3.8, 4) is 0 Å². The van der Waals surface area contributed by atoms with Gasteiger partial charge in [-0.15, -0.1) is 0 Å². The number of anilines is 2. The van der Waals surface area contributed by atoms with Crippen LogP contribution in [0.15, 0.2) is 34.8 Å². The van der Waals surface area contributed by atoms with Crippen LogP contribution in [0.1, 0.15) is 10.5 Å². The van der Waals surface area contributed by atoms with Crippen LogP contribution >= 0.6 is 27.5 Å². The highest BCUT2D eigenvalue weighted by Crippen LogP contribution is 2.26. The van der Waals surface area contributed by atoms with Gasteiger partial charge in [0.2, 0.25) is 0 Å². The average Bonchev–Trinajstić information content (AvgIpc) is 2.43. The summed E-state index contributed by atoms with van der Waals surface area (Å²) in [5.41, 5.74) is 0.0684. The first-order chi connectivity index (χ1) is 9.52. The number of carbonyl (C=O) groups is 1. The number of hydrogen-bond acceptors (Lipinski definition) is 3. The molecule has 2 N–H and O–H groups in total. The van der Waals surface area contributed by atoms with E-state index in [1.807, 2.05) is 0 Å². The number of para-hydroxylation sites is 1. The largest absolute Gasteiger partial charge is 0.373 e. The third-order valence-corrected chi connectivity index (χ3v) is 3.48. The lowest BCUT2D eigenvalue weighted by Crippen LogP contribution is -2.16. The fraction of sp³-hybridized carbons (Fsp3) is 0.0769. The summed E-state index contributed by atoms with van der Waals surface area (Å²) in [6.45, 7) is 0. The summed E-state index contributed by atoms with van der Waals surface area (Å²) in [6.07, 6.45) is 0. The zero-order chi connectivity index (χ0) is 14.7. The van der Waals surface area contributed by atoms with Gasteiger partial charge in [0.15, 0.2) is 0 Å². The topological polar surface area (TPSA) is 54.0 Å². The molecule has 0 fully saturated rings. The van der Waals surface area contributed by atoms with Crippen molar-refractivity contribution in [1.29, 1.82) is 0 Å². The van der Waals surface area contributed by atoms with Crippen LogP contribution in [-0.2, 0) is 0 Å². The van der Waals surface area contributed by atoms with Gasteiger partial charge < -0.3 is 10.6 Å². The van der Waals surface area contributed by atoms with Crippen LogP contribution in [0.2, 0.25) is 5.02 Å². The highest BCUT2D eigenvalue weighted by atomic mass is 79.9. The molecule has 0 saturated carbocycles. The van der Waals surface area contributed by atoms with Crippen molar-refractivity contribution in [2.24, 2.45) is 0 Å². The number of nitrogens with zero attached hydrogens (tertiary/aromatic N) is 1. The Morgan fingerprint density at radius 3 is 2.75 bits per heavy atom. The Labute approximate surface area is 128 Å². The van der Waals surface area contributed by atoms with Gasteiger partial charge in [-0.25, -0.2) is 9.37 Å². The highest BCUT2D eigenvalue weighted by Gasteiger charge is 2.16. The van der Waals surface area contributed by atoms with Gasteiger partial charge in [0.25, 0.3) is 5.91 Å². The minimum Gasteiger partial charge on any atom is -0.373 e. The number of halogens is 3. The molecule has 7 heteroatoms. The van der Waals surface area contributed by atoms with Crippen molar-refractivity contribution in [3.05, 3.63) is 51.3 Å². The second kappa shape index (κ2) is 6.19. The number of benzene rings is 1. The lowest BCUT2D eigenvalue weighted by molar-refractivity contribution is 0.102. The van der Waals surface area contributed by atoms with E-state index in [1.54, 1.807) is 25.2 Å². The van der Waals surface area contributed by atoms with Crippen molar-refractivity contribution in [2.75, 3.05) is 17.7 Å². The van der Waals surface area contributed by atoms with Gasteiger partial charge in [-0.1, -0.05) is 17.7 Å². The fourth-order valence-electron chi connectivity index (χ4n) is 1.53. The van der Waals surface area contributed by atoms with Crippen LogP contribution in [0.3, 0.4) is 0 Å². The molecule has 0 unspecified atom stereocenters. The van der Waals surface area contributed by atoms with Crippen molar-refractivity contribution in [2.45, 2.75) is 0 Å². The Morgan fingerprint density at radius 2 is 2.10 bits per heavy atom. The summed E-state index contributed by atoms with van der Waals surface area (Å²) in [5, 5.41) is 5.44. The lowest BCUT2D eigenvalue weighted by Gasteiger charge is -2.10. The molecule has 2 rings (SSSR count). The average molecular weight is 359 g/mol. The second-order valence-electron chi connectivity index (χ2n) is 3.83. The molecule has 1 aromatic heterocycles. The van der Waals surface area contributed by atoms with Crippen LogP contribution in [0, 0.1) is 5.82 Å². The van der Waals surface area contributed by atoms with E-state index in [2.05, 4.69) is 31.5 Å². The van der Waals surface area contributed by atoms with Crippen molar-refractivity contribution in [1.82, 2.24) is 4.98 Å². The van der Waals surface area contributed by atoms with E-state index in [0.29, 0.717) is 10.3 Å². The maximum absolute atomic E-state index is 13.7. The molecule has 0 atom stereocenters. The van der Waals surface area contributed by atoms with E-state index in [1.165, 1.54) is 12.1 Å². The van der Waals surface area contributed by atoms with Crippen molar-refractivity contribution < 1.29 is 9.18 Å². The molecule has 2 aromatic rings. The van der Waals surface area contributed by atoms with Gasteiger partial charge >= 0.3 is 0 Å². The zero-order valence-corrected chi connectivity index (χ0v) is 12.7. The molecule has 20 heavy (non-hydrogen) atoms. The Morgan fingerprint density at radius 1 is 1.35 bits per heavy atom. The monoisotopic (exact) mass is 357 g/mol. The van der Waals surface area contributed by atoms with Crippen LogP contribution in [0.25, 0.3) is 0 Å². The number of pyridine rings is 1. The Bertz CT molecular complexity index is 646. The minimum absolute atomic E-state index is 0.0219. The first-order valence-electron chi connectivity index (χ1n) is 5.62. The number of rotatable bonds is 3. The maximum Gasteiger partial charge on any atom is 0.276 e. The molecular formula is C13H10BrClFN3O. The van der Waals surface area contributed by atoms with Gasteiger partial charge in [-0.3, -0.25) is 4.79 Å². The maximum atomic E-state index is 13.7. The van der Waals surface area contributed by atoms with Gasteiger partial charge in [-0.2, -0.15) is 0 Å². The Balaban J connectivity index is 2.33. The molecule has 4 nitrogen and oxygen atoms in total. The number of hydrogen-bond donors (Lipinski definition) is 2. The molecule has 1 heterocycles. The van der Waals surface area contributed by atoms with E-state index < -0.39 is 11.7 Å². The third-order valence-electron chi connectivity index (χ3n) is 2.52. The third kappa shape index (κ3) is 3.08.